The molecule has 0 aromatic carbocycles. The van der Waals surface area contributed by atoms with Crippen molar-refractivity contribution < 1.29 is 0 Å². The Morgan fingerprint density at radius 3 is 2.75 bits per heavy atom. The van der Waals surface area contributed by atoms with Crippen molar-refractivity contribution in [2.24, 2.45) is 5.92 Å². The van der Waals surface area contributed by atoms with E-state index in [0.717, 1.165) is 23.9 Å². The van der Waals surface area contributed by atoms with Gasteiger partial charge in [-0.05, 0) is 26.2 Å². The second-order valence-corrected chi connectivity index (χ2v) is 4.96. The lowest BCUT2D eigenvalue weighted by atomic mass is 9.81. The molecule has 1 saturated carbocycles. The van der Waals surface area contributed by atoms with Gasteiger partial charge in [-0.15, -0.1) is 0 Å². The van der Waals surface area contributed by atoms with Crippen molar-refractivity contribution in [1.29, 1.82) is 0 Å². The van der Waals surface area contributed by atoms with Gasteiger partial charge in [-0.2, -0.15) is 0 Å². The van der Waals surface area contributed by atoms with E-state index in [4.69, 9.17) is 0 Å². The van der Waals surface area contributed by atoms with Crippen molar-refractivity contribution in [3.05, 3.63) is 23.8 Å². The van der Waals surface area contributed by atoms with E-state index in [-0.39, 0.29) is 0 Å². The number of hydrogen-bond donors (Lipinski definition) is 1. The summed E-state index contributed by atoms with van der Waals surface area (Å²) in [5.41, 5.74) is 2.01. The average molecular weight is 219 g/mol. The molecule has 1 fully saturated rings. The lowest BCUT2D eigenvalue weighted by molar-refractivity contribution is 0.265. The Labute approximate surface area is 97.7 Å². The molecule has 88 valence electrons. The van der Waals surface area contributed by atoms with Crippen LogP contribution in [0.5, 0.6) is 0 Å². The highest BCUT2D eigenvalue weighted by molar-refractivity contribution is 5.00. The molecule has 1 aromatic rings. The quantitative estimate of drug-likeness (QED) is 0.826. The maximum Gasteiger partial charge on any atom is 0.0724 e. The second-order valence-electron chi connectivity index (χ2n) is 4.96. The molecule has 0 radical (unpaired) electrons. The number of nitrogens with one attached hydrogen (secondary N) is 1. The van der Waals surface area contributed by atoms with E-state index in [1.54, 1.807) is 0 Å². The fourth-order valence-corrected chi connectivity index (χ4v) is 2.10. The molecule has 3 heteroatoms. The van der Waals surface area contributed by atoms with Crippen LogP contribution < -0.4 is 5.32 Å². The predicted molar refractivity (Wildman–Crippen MR) is 65.0 cm³/mol. The van der Waals surface area contributed by atoms with Crippen LogP contribution in [0.2, 0.25) is 0 Å². The van der Waals surface area contributed by atoms with Crippen LogP contribution in [0.15, 0.2) is 12.4 Å². The first-order valence-electron chi connectivity index (χ1n) is 6.25. The molecule has 0 aliphatic heterocycles. The van der Waals surface area contributed by atoms with Crippen molar-refractivity contribution >= 4 is 0 Å². The number of hydrogen-bond acceptors (Lipinski definition) is 3. The SMILES string of the molecule is Cc1cnc(CNC(C)CC2CCC2)cn1. The number of rotatable bonds is 5. The van der Waals surface area contributed by atoms with E-state index in [9.17, 15) is 0 Å². The predicted octanol–water partition coefficient (Wildman–Crippen LogP) is 2.45. The van der Waals surface area contributed by atoms with Gasteiger partial charge in [-0.25, -0.2) is 0 Å². The smallest absolute Gasteiger partial charge is 0.0724 e. The van der Waals surface area contributed by atoms with Crippen LogP contribution in [0.3, 0.4) is 0 Å². The van der Waals surface area contributed by atoms with Crippen molar-refractivity contribution in [1.82, 2.24) is 15.3 Å². The molecule has 1 aromatic heterocycles. The van der Waals surface area contributed by atoms with E-state index in [1.165, 1.54) is 25.7 Å². The van der Waals surface area contributed by atoms with E-state index in [1.807, 2.05) is 19.3 Å². The highest BCUT2D eigenvalue weighted by Gasteiger charge is 2.19. The molecule has 1 aliphatic carbocycles. The van der Waals surface area contributed by atoms with Crippen LogP contribution in [0.4, 0.5) is 0 Å². The van der Waals surface area contributed by atoms with E-state index in [2.05, 4.69) is 22.2 Å². The molecule has 1 N–H and O–H groups in total. The third kappa shape index (κ3) is 3.27. The standard InChI is InChI=1S/C13H21N3/c1-10(6-12-4-3-5-12)14-8-13-9-15-11(2)7-16-13/h7,9-10,12,14H,3-6,8H2,1-2H3. The average Bonchev–Trinajstić information content (AvgIpc) is 2.23. The minimum Gasteiger partial charge on any atom is -0.309 e. The maximum absolute atomic E-state index is 4.34. The summed E-state index contributed by atoms with van der Waals surface area (Å²) >= 11 is 0. The zero-order valence-electron chi connectivity index (χ0n) is 10.2. The van der Waals surface area contributed by atoms with Crippen molar-refractivity contribution in [2.75, 3.05) is 0 Å². The Morgan fingerprint density at radius 1 is 1.38 bits per heavy atom. The molecule has 0 saturated heterocycles. The van der Waals surface area contributed by atoms with Crippen LogP contribution >= 0.6 is 0 Å². The molecule has 1 aliphatic rings. The van der Waals surface area contributed by atoms with Gasteiger partial charge in [0.2, 0.25) is 0 Å². The van der Waals surface area contributed by atoms with E-state index >= 15 is 0 Å². The highest BCUT2D eigenvalue weighted by atomic mass is 14.9. The first kappa shape index (κ1) is 11.5. The van der Waals surface area contributed by atoms with Gasteiger partial charge >= 0.3 is 0 Å². The molecule has 0 bridgehead atoms. The summed E-state index contributed by atoms with van der Waals surface area (Å²) in [4.78, 5) is 8.58. The van der Waals surface area contributed by atoms with Crippen molar-refractivity contribution in [3.63, 3.8) is 0 Å². The highest BCUT2D eigenvalue weighted by Crippen LogP contribution is 2.30. The summed E-state index contributed by atoms with van der Waals surface area (Å²) in [6.07, 6.45) is 9.28. The summed E-state index contributed by atoms with van der Waals surface area (Å²) in [7, 11) is 0. The molecule has 16 heavy (non-hydrogen) atoms. The Hall–Kier alpha value is -0.960. The minimum atomic E-state index is 0.591. The van der Waals surface area contributed by atoms with Crippen LogP contribution in [0.1, 0.15) is 44.0 Å². The Balaban J connectivity index is 1.71. The summed E-state index contributed by atoms with van der Waals surface area (Å²) in [5.74, 6) is 0.964. The van der Waals surface area contributed by atoms with Gasteiger partial charge in [-0.3, -0.25) is 9.97 Å². The van der Waals surface area contributed by atoms with E-state index < -0.39 is 0 Å². The third-order valence-electron chi connectivity index (χ3n) is 3.38. The van der Waals surface area contributed by atoms with Gasteiger partial charge in [0.15, 0.2) is 0 Å². The van der Waals surface area contributed by atoms with Crippen LogP contribution in [0, 0.1) is 12.8 Å². The number of aromatic nitrogens is 2. The zero-order valence-corrected chi connectivity index (χ0v) is 10.2. The van der Waals surface area contributed by atoms with Crippen LogP contribution in [0.25, 0.3) is 0 Å². The van der Waals surface area contributed by atoms with Crippen LogP contribution in [-0.4, -0.2) is 16.0 Å². The van der Waals surface area contributed by atoms with Gasteiger partial charge in [0, 0.05) is 25.0 Å². The summed E-state index contributed by atoms with van der Waals surface area (Å²) in [6, 6.07) is 0.591. The molecule has 1 heterocycles. The van der Waals surface area contributed by atoms with Gasteiger partial charge in [0.05, 0.1) is 11.4 Å². The van der Waals surface area contributed by atoms with Gasteiger partial charge in [-0.1, -0.05) is 19.3 Å². The number of aryl methyl sites for hydroxylation is 1. The second kappa shape index (κ2) is 5.39. The maximum atomic E-state index is 4.34. The lowest BCUT2D eigenvalue weighted by Gasteiger charge is -2.28. The van der Waals surface area contributed by atoms with Crippen molar-refractivity contribution in [2.45, 2.75) is 52.1 Å². The Bertz CT molecular complexity index is 316. The molecule has 1 atom stereocenters. The van der Waals surface area contributed by atoms with Gasteiger partial charge in [0.25, 0.3) is 0 Å². The molecule has 0 spiro atoms. The van der Waals surface area contributed by atoms with Crippen LogP contribution in [-0.2, 0) is 6.54 Å². The molecule has 0 amide bonds. The monoisotopic (exact) mass is 219 g/mol. The third-order valence-corrected chi connectivity index (χ3v) is 3.38. The van der Waals surface area contributed by atoms with Crippen molar-refractivity contribution in [3.8, 4) is 0 Å². The summed E-state index contributed by atoms with van der Waals surface area (Å²) < 4.78 is 0. The topological polar surface area (TPSA) is 37.8 Å². The normalized spacial score (nSPS) is 18.1. The Morgan fingerprint density at radius 2 is 2.19 bits per heavy atom. The molecule has 1 unspecified atom stereocenters. The zero-order chi connectivity index (χ0) is 11.4. The molecular weight excluding hydrogens is 198 g/mol. The fourth-order valence-electron chi connectivity index (χ4n) is 2.10. The lowest BCUT2D eigenvalue weighted by Crippen LogP contribution is -2.30. The summed E-state index contributed by atoms with van der Waals surface area (Å²) in [6.45, 7) is 5.06. The first-order chi connectivity index (χ1) is 7.74. The number of nitrogens with zero attached hydrogens (tertiary/aromatic N) is 2. The van der Waals surface area contributed by atoms with Gasteiger partial charge < -0.3 is 5.32 Å². The van der Waals surface area contributed by atoms with Gasteiger partial charge in [0.1, 0.15) is 0 Å². The molecule has 2 rings (SSSR count). The fraction of sp³-hybridized carbons (Fsp3) is 0.692. The summed E-state index contributed by atoms with van der Waals surface area (Å²) in [5, 5.41) is 3.51. The Kier molecular flexibility index (Phi) is 3.88. The molecular formula is C13H21N3. The minimum absolute atomic E-state index is 0.591. The largest absolute Gasteiger partial charge is 0.309 e. The van der Waals surface area contributed by atoms with E-state index in [0.29, 0.717) is 6.04 Å². The molecule has 3 nitrogen and oxygen atoms in total. The first-order valence-corrected chi connectivity index (χ1v) is 6.25.